The van der Waals surface area contributed by atoms with E-state index in [9.17, 15) is 0 Å². The van der Waals surface area contributed by atoms with Crippen molar-refractivity contribution in [1.82, 2.24) is 4.98 Å². The minimum Gasteiger partial charge on any atom is -0.399 e. The van der Waals surface area contributed by atoms with Gasteiger partial charge in [0.25, 0.3) is 0 Å². The van der Waals surface area contributed by atoms with Crippen molar-refractivity contribution in [3.05, 3.63) is 77.8 Å². The normalized spacial score (nSPS) is 10.6. The molecule has 0 radical (unpaired) electrons. The van der Waals surface area contributed by atoms with Crippen molar-refractivity contribution >= 4 is 34.3 Å². The van der Waals surface area contributed by atoms with Crippen LogP contribution in [0.2, 0.25) is 5.02 Å². The van der Waals surface area contributed by atoms with E-state index in [-0.39, 0.29) is 0 Å². The number of hydrogen-bond donors (Lipinski definition) is 1. The van der Waals surface area contributed by atoms with Crippen LogP contribution in [-0.4, -0.2) is 4.98 Å². The van der Waals surface area contributed by atoms with Gasteiger partial charge < -0.3 is 5.73 Å². The predicted molar refractivity (Wildman–Crippen MR) is 95.5 cm³/mol. The fourth-order valence-corrected chi connectivity index (χ4v) is 2.62. The van der Waals surface area contributed by atoms with Crippen molar-refractivity contribution in [3.8, 4) is 11.3 Å². The molecular weight excluding hydrogens is 292 g/mol. The Bertz CT molecular complexity index is 897. The summed E-state index contributed by atoms with van der Waals surface area (Å²) in [4.78, 5) is 4.71. The zero-order valence-corrected chi connectivity index (χ0v) is 12.8. The Morgan fingerprint density at radius 1 is 1.14 bits per heavy atom. The van der Waals surface area contributed by atoms with E-state index in [0.717, 1.165) is 33.3 Å². The van der Waals surface area contributed by atoms with Crippen LogP contribution in [0.3, 0.4) is 0 Å². The summed E-state index contributed by atoms with van der Waals surface area (Å²) >= 11 is 6.40. The molecule has 2 aromatic carbocycles. The molecule has 0 aliphatic heterocycles. The monoisotopic (exact) mass is 306 g/mol. The molecule has 1 aromatic heterocycles. The highest BCUT2D eigenvalue weighted by Gasteiger charge is 2.07. The molecule has 3 heteroatoms. The van der Waals surface area contributed by atoms with Crippen LogP contribution >= 0.6 is 11.6 Å². The van der Waals surface area contributed by atoms with Gasteiger partial charge >= 0.3 is 0 Å². The first kappa shape index (κ1) is 14.4. The number of fused-ring (bicyclic) bond motifs is 1. The summed E-state index contributed by atoms with van der Waals surface area (Å²) in [5.41, 5.74) is 10.8. The zero-order valence-electron chi connectivity index (χ0n) is 12.0. The van der Waals surface area contributed by atoms with Crippen molar-refractivity contribution in [2.75, 3.05) is 0 Å². The average Bonchev–Trinajstić information content (AvgIpc) is 2.54. The first-order chi connectivity index (χ1) is 10.6. The molecule has 0 atom stereocenters. The van der Waals surface area contributed by atoms with E-state index in [1.54, 1.807) is 6.08 Å². The third-order valence-corrected chi connectivity index (χ3v) is 3.86. The molecule has 3 rings (SSSR count). The summed E-state index contributed by atoms with van der Waals surface area (Å²) in [5, 5.41) is 1.60. The molecule has 0 bridgehead atoms. The van der Waals surface area contributed by atoms with Crippen molar-refractivity contribution in [2.45, 2.75) is 0 Å². The summed E-state index contributed by atoms with van der Waals surface area (Å²) in [6, 6.07) is 15.6. The molecule has 0 saturated heterocycles. The molecular formula is C19H15ClN2. The molecule has 1 heterocycles. The Labute approximate surface area is 134 Å². The van der Waals surface area contributed by atoms with Gasteiger partial charge in [0.15, 0.2) is 0 Å². The lowest BCUT2D eigenvalue weighted by Crippen LogP contribution is -1.94. The molecule has 0 amide bonds. The van der Waals surface area contributed by atoms with Gasteiger partial charge in [-0.1, -0.05) is 61.2 Å². The molecule has 0 aliphatic carbocycles. The van der Waals surface area contributed by atoms with E-state index in [2.05, 4.69) is 13.2 Å². The van der Waals surface area contributed by atoms with Crippen LogP contribution in [-0.2, 0) is 0 Å². The fourth-order valence-electron chi connectivity index (χ4n) is 2.36. The Morgan fingerprint density at radius 2 is 1.95 bits per heavy atom. The van der Waals surface area contributed by atoms with Gasteiger partial charge in [0.2, 0.25) is 0 Å². The lowest BCUT2D eigenvalue weighted by Gasteiger charge is -2.08. The van der Waals surface area contributed by atoms with E-state index in [1.165, 1.54) is 0 Å². The Balaban J connectivity index is 2.20. The van der Waals surface area contributed by atoms with E-state index >= 15 is 0 Å². The third-order valence-electron chi connectivity index (χ3n) is 3.55. The van der Waals surface area contributed by atoms with Crippen LogP contribution in [0.15, 0.2) is 61.7 Å². The second kappa shape index (κ2) is 5.66. The van der Waals surface area contributed by atoms with E-state index in [1.807, 2.05) is 48.5 Å². The molecule has 108 valence electrons. The second-order valence-corrected chi connectivity index (χ2v) is 5.48. The molecule has 0 saturated carbocycles. The summed E-state index contributed by atoms with van der Waals surface area (Å²) in [6.45, 7) is 7.56. The highest BCUT2D eigenvalue weighted by atomic mass is 35.5. The number of pyridine rings is 1. The number of benzene rings is 2. The maximum absolute atomic E-state index is 6.40. The van der Waals surface area contributed by atoms with Gasteiger partial charge in [-0.15, -0.1) is 0 Å². The summed E-state index contributed by atoms with van der Waals surface area (Å²) in [5.74, 6) is 0. The van der Waals surface area contributed by atoms with Crippen LogP contribution < -0.4 is 5.73 Å². The SMILES string of the molecule is C=Cc1ccc2c(Cl)cc(-c3cccc(C(=C)N)c3)nc2c1. The van der Waals surface area contributed by atoms with Gasteiger partial charge in [-0.05, 0) is 29.3 Å². The maximum Gasteiger partial charge on any atom is 0.0730 e. The summed E-state index contributed by atoms with van der Waals surface area (Å²) < 4.78 is 0. The molecule has 0 fully saturated rings. The Hall–Kier alpha value is -2.58. The lowest BCUT2D eigenvalue weighted by molar-refractivity contribution is 1.39. The second-order valence-electron chi connectivity index (χ2n) is 5.08. The zero-order chi connectivity index (χ0) is 15.7. The first-order valence-electron chi connectivity index (χ1n) is 6.86. The summed E-state index contributed by atoms with van der Waals surface area (Å²) in [6.07, 6.45) is 1.79. The number of nitrogens with zero attached hydrogens (tertiary/aromatic N) is 1. The smallest absolute Gasteiger partial charge is 0.0730 e. The van der Waals surface area contributed by atoms with Crippen molar-refractivity contribution in [3.63, 3.8) is 0 Å². The number of nitrogens with two attached hydrogens (primary N) is 1. The standard InChI is InChI=1S/C19H15ClN2/c1-3-13-7-8-16-17(20)11-18(22-19(16)9-13)15-6-4-5-14(10-15)12(2)21/h3-11H,1-2,21H2. The molecule has 0 unspecified atom stereocenters. The predicted octanol–water partition coefficient (Wildman–Crippen LogP) is 5.13. The number of aromatic nitrogens is 1. The topological polar surface area (TPSA) is 38.9 Å². The molecule has 0 aliphatic rings. The molecule has 3 aromatic rings. The van der Waals surface area contributed by atoms with Crippen LogP contribution in [0, 0.1) is 0 Å². The van der Waals surface area contributed by atoms with E-state index < -0.39 is 0 Å². The van der Waals surface area contributed by atoms with Gasteiger partial charge in [0.05, 0.1) is 16.2 Å². The van der Waals surface area contributed by atoms with Gasteiger partial charge in [0, 0.05) is 16.6 Å². The van der Waals surface area contributed by atoms with Crippen LogP contribution in [0.5, 0.6) is 0 Å². The Kier molecular flexibility index (Phi) is 3.70. The average molecular weight is 307 g/mol. The quantitative estimate of drug-likeness (QED) is 0.728. The highest BCUT2D eigenvalue weighted by Crippen LogP contribution is 2.29. The van der Waals surface area contributed by atoms with E-state index in [0.29, 0.717) is 10.7 Å². The molecule has 2 N–H and O–H groups in total. The maximum atomic E-state index is 6.40. The number of rotatable bonds is 3. The molecule has 0 spiro atoms. The van der Waals surface area contributed by atoms with Crippen molar-refractivity contribution < 1.29 is 0 Å². The fraction of sp³-hybridized carbons (Fsp3) is 0. The van der Waals surface area contributed by atoms with Gasteiger partial charge in [0.1, 0.15) is 0 Å². The van der Waals surface area contributed by atoms with Crippen LogP contribution in [0.4, 0.5) is 0 Å². The van der Waals surface area contributed by atoms with E-state index in [4.69, 9.17) is 22.3 Å². The lowest BCUT2D eigenvalue weighted by atomic mass is 10.0. The first-order valence-corrected chi connectivity index (χ1v) is 7.24. The van der Waals surface area contributed by atoms with Gasteiger partial charge in [-0.2, -0.15) is 0 Å². The summed E-state index contributed by atoms with van der Waals surface area (Å²) in [7, 11) is 0. The van der Waals surface area contributed by atoms with Crippen molar-refractivity contribution in [1.29, 1.82) is 0 Å². The minimum absolute atomic E-state index is 0.530. The van der Waals surface area contributed by atoms with Crippen LogP contribution in [0.1, 0.15) is 11.1 Å². The number of halogens is 1. The Morgan fingerprint density at radius 3 is 2.68 bits per heavy atom. The minimum atomic E-state index is 0.530. The van der Waals surface area contributed by atoms with Crippen LogP contribution in [0.25, 0.3) is 33.9 Å². The van der Waals surface area contributed by atoms with Gasteiger partial charge in [-0.25, -0.2) is 4.98 Å². The van der Waals surface area contributed by atoms with Gasteiger partial charge in [-0.3, -0.25) is 0 Å². The van der Waals surface area contributed by atoms with Crippen molar-refractivity contribution in [2.24, 2.45) is 5.73 Å². The number of hydrogen-bond acceptors (Lipinski definition) is 2. The third kappa shape index (κ3) is 2.61. The largest absolute Gasteiger partial charge is 0.399 e. The molecule has 2 nitrogen and oxygen atoms in total. The highest BCUT2D eigenvalue weighted by molar-refractivity contribution is 6.35. The molecule has 22 heavy (non-hydrogen) atoms.